The molecule has 1 aliphatic heterocycles. The molecule has 8 heteroatoms. The normalized spacial score (nSPS) is 55.0. The van der Waals surface area contributed by atoms with Gasteiger partial charge in [0, 0.05) is 24.2 Å². The number of hydrogen-bond acceptors (Lipinski definition) is 8. The topological polar surface area (TPSA) is 126 Å². The highest BCUT2D eigenvalue weighted by molar-refractivity contribution is 5.74. The highest BCUT2D eigenvalue weighted by Gasteiger charge is 2.77. The maximum Gasteiger partial charge on any atom is 0.309 e. The fourth-order valence-corrected chi connectivity index (χ4v) is 8.89. The first-order chi connectivity index (χ1) is 15.3. The monoisotopic (exact) mass is 468 g/mol. The second-order valence-corrected chi connectivity index (χ2v) is 12.1. The van der Waals surface area contributed by atoms with Crippen molar-refractivity contribution in [2.24, 2.45) is 28.6 Å². The van der Waals surface area contributed by atoms with Gasteiger partial charge in [-0.25, -0.2) is 0 Å². The summed E-state index contributed by atoms with van der Waals surface area (Å²) in [4.78, 5) is 12.8. The van der Waals surface area contributed by atoms with Gasteiger partial charge in [-0.1, -0.05) is 6.92 Å². The van der Waals surface area contributed by atoms with Crippen molar-refractivity contribution in [1.82, 2.24) is 0 Å². The summed E-state index contributed by atoms with van der Waals surface area (Å²) in [5.74, 6) is -2.44. The van der Waals surface area contributed by atoms with E-state index >= 15 is 0 Å². The average Bonchev–Trinajstić information content (AvgIpc) is 2.97. The number of ether oxygens (including phenoxy) is 3. The summed E-state index contributed by atoms with van der Waals surface area (Å²) in [7, 11) is 0. The summed E-state index contributed by atoms with van der Waals surface area (Å²) < 4.78 is 17.8. The average molecular weight is 469 g/mol. The Balaban J connectivity index is 1.58. The van der Waals surface area contributed by atoms with E-state index in [1.165, 1.54) is 0 Å². The van der Waals surface area contributed by atoms with Crippen LogP contribution in [0, 0.1) is 28.6 Å². The third kappa shape index (κ3) is 3.01. The van der Waals surface area contributed by atoms with Crippen LogP contribution in [0.25, 0.3) is 0 Å². The SMILES string of the molecule is CCOC(=O)[C@@H]1CC[C@]2(O)[C@@H]3CC[C@]4(O)C[C@H](O)C[C@@H]5OC(C)(C)OC[C@@]54[C@@H]3[C@H](O)C[C@@]12C. The lowest BCUT2D eigenvalue weighted by atomic mass is 9.40. The summed E-state index contributed by atoms with van der Waals surface area (Å²) >= 11 is 0. The predicted molar refractivity (Wildman–Crippen MR) is 117 cm³/mol. The van der Waals surface area contributed by atoms with Crippen LogP contribution in [0.3, 0.4) is 0 Å². The van der Waals surface area contributed by atoms with Gasteiger partial charge in [0.2, 0.25) is 0 Å². The molecule has 0 amide bonds. The molecule has 5 fully saturated rings. The number of hydrogen-bond donors (Lipinski definition) is 4. The van der Waals surface area contributed by atoms with E-state index in [1.54, 1.807) is 6.92 Å². The van der Waals surface area contributed by atoms with E-state index in [9.17, 15) is 25.2 Å². The Morgan fingerprint density at radius 1 is 1.09 bits per heavy atom. The largest absolute Gasteiger partial charge is 0.466 e. The molecule has 188 valence electrons. The van der Waals surface area contributed by atoms with Crippen LogP contribution in [0.2, 0.25) is 0 Å². The van der Waals surface area contributed by atoms with Crippen molar-refractivity contribution in [3.8, 4) is 0 Å². The summed E-state index contributed by atoms with van der Waals surface area (Å²) in [5.41, 5.74) is -4.19. The smallest absolute Gasteiger partial charge is 0.309 e. The van der Waals surface area contributed by atoms with Gasteiger partial charge in [0.25, 0.3) is 0 Å². The quantitative estimate of drug-likeness (QED) is 0.450. The standard InChI is InChI=1S/C25H40O8/c1-5-31-20(28)16-7-9-25(30)15-6-8-23(29)11-14(26)10-18-24(23,13-32-21(2,3)33-18)19(15)17(27)12-22(16,25)4/h14-19,26-27,29-30H,5-13H2,1-4H3/t14-,15-,16+,17-,18+,19+,22+,23+,24+,25+/m1/s1. The van der Waals surface area contributed by atoms with Crippen LogP contribution in [0.15, 0.2) is 0 Å². The zero-order valence-electron chi connectivity index (χ0n) is 20.2. The zero-order valence-corrected chi connectivity index (χ0v) is 20.2. The van der Waals surface area contributed by atoms with Crippen LogP contribution < -0.4 is 0 Å². The van der Waals surface area contributed by atoms with Crippen LogP contribution in [0.1, 0.15) is 72.6 Å². The summed E-state index contributed by atoms with van der Waals surface area (Å²) in [6.45, 7) is 7.81. The van der Waals surface area contributed by atoms with Crippen LogP contribution in [-0.2, 0) is 19.0 Å². The summed E-state index contributed by atoms with van der Waals surface area (Å²) in [6.07, 6.45) is 0.587. The van der Waals surface area contributed by atoms with Crippen molar-refractivity contribution in [2.75, 3.05) is 13.2 Å². The molecule has 0 radical (unpaired) electrons. The van der Waals surface area contributed by atoms with E-state index in [0.717, 1.165) is 0 Å². The van der Waals surface area contributed by atoms with E-state index < -0.39 is 58.0 Å². The number of rotatable bonds is 2. The lowest BCUT2D eigenvalue weighted by molar-refractivity contribution is -0.401. The molecule has 4 N–H and O–H groups in total. The Bertz CT molecular complexity index is 816. The van der Waals surface area contributed by atoms with Crippen molar-refractivity contribution < 1.29 is 39.4 Å². The van der Waals surface area contributed by atoms with Gasteiger partial charge >= 0.3 is 5.97 Å². The molecule has 10 atom stereocenters. The lowest BCUT2D eigenvalue weighted by Crippen LogP contribution is -2.78. The minimum atomic E-state index is -1.27. The van der Waals surface area contributed by atoms with Crippen LogP contribution >= 0.6 is 0 Å². The number of aliphatic hydroxyl groups is 4. The fourth-order valence-electron chi connectivity index (χ4n) is 8.89. The van der Waals surface area contributed by atoms with E-state index in [2.05, 4.69) is 0 Å². The molecule has 1 saturated heterocycles. The Morgan fingerprint density at radius 2 is 1.82 bits per heavy atom. The first kappa shape index (κ1) is 23.9. The van der Waals surface area contributed by atoms with E-state index in [4.69, 9.17) is 14.2 Å². The molecular formula is C25H40O8. The van der Waals surface area contributed by atoms with Crippen LogP contribution in [-0.4, -0.2) is 74.9 Å². The molecule has 4 aliphatic carbocycles. The highest BCUT2D eigenvalue weighted by Crippen LogP contribution is 2.71. The predicted octanol–water partition coefficient (Wildman–Crippen LogP) is 1.51. The van der Waals surface area contributed by atoms with Gasteiger partial charge in [0.05, 0.1) is 54.1 Å². The zero-order chi connectivity index (χ0) is 24.0. The summed E-state index contributed by atoms with van der Waals surface area (Å²) in [6, 6.07) is 0. The van der Waals surface area contributed by atoms with Gasteiger partial charge in [0.15, 0.2) is 5.79 Å². The minimum absolute atomic E-state index is 0.195. The van der Waals surface area contributed by atoms with Crippen molar-refractivity contribution in [3.05, 3.63) is 0 Å². The molecule has 0 aromatic carbocycles. The summed E-state index contributed by atoms with van der Waals surface area (Å²) in [5, 5.41) is 46.6. The van der Waals surface area contributed by atoms with Gasteiger partial charge < -0.3 is 34.6 Å². The third-order valence-electron chi connectivity index (χ3n) is 10.3. The van der Waals surface area contributed by atoms with Gasteiger partial charge in [0.1, 0.15) is 0 Å². The Hall–Kier alpha value is -0.770. The second kappa shape index (κ2) is 7.37. The lowest BCUT2D eigenvalue weighted by Gasteiger charge is -2.70. The van der Waals surface area contributed by atoms with E-state index in [0.29, 0.717) is 32.1 Å². The maximum absolute atomic E-state index is 12.8. The van der Waals surface area contributed by atoms with Crippen molar-refractivity contribution in [3.63, 3.8) is 0 Å². The van der Waals surface area contributed by atoms with E-state index in [1.807, 2.05) is 20.8 Å². The van der Waals surface area contributed by atoms with E-state index in [-0.39, 0.29) is 37.9 Å². The minimum Gasteiger partial charge on any atom is -0.466 e. The number of aliphatic hydroxyl groups excluding tert-OH is 2. The number of fused-ring (bicyclic) bond motifs is 3. The maximum atomic E-state index is 12.8. The molecule has 0 aromatic heterocycles. The number of esters is 1. The van der Waals surface area contributed by atoms with Crippen LogP contribution in [0.4, 0.5) is 0 Å². The molecule has 0 unspecified atom stereocenters. The molecule has 4 saturated carbocycles. The molecule has 1 heterocycles. The highest BCUT2D eigenvalue weighted by atomic mass is 16.7. The number of carbonyl (C=O) groups is 1. The molecule has 8 nitrogen and oxygen atoms in total. The third-order valence-corrected chi connectivity index (χ3v) is 10.3. The van der Waals surface area contributed by atoms with Crippen LogP contribution in [0.5, 0.6) is 0 Å². The first-order valence-electron chi connectivity index (χ1n) is 12.6. The molecule has 1 spiro atoms. The molecule has 0 aromatic rings. The van der Waals surface area contributed by atoms with Gasteiger partial charge in [-0.3, -0.25) is 4.79 Å². The van der Waals surface area contributed by atoms with Gasteiger partial charge in [-0.2, -0.15) is 0 Å². The second-order valence-electron chi connectivity index (χ2n) is 12.1. The first-order valence-corrected chi connectivity index (χ1v) is 12.6. The molecular weight excluding hydrogens is 428 g/mol. The van der Waals surface area contributed by atoms with Gasteiger partial charge in [-0.05, 0) is 58.8 Å². The molecule has 33 heavy (non-hydrogen) atoms. The van der Waals surface area contributed by atoms with Crippen molar-refractivity contribution in [1.29, 1.82) is 0 Å². The van der Waals surface area contributed by atoms with Crippen molar-refractivity contribution >= 4 is 5.97 Å². The molecule has 5 aliphatic rings. The Labute approximate surface area is 195 Å². The van der Waals surface area contributed by atoms with Crippen molar-refractivity contribution in [2.45, 2.75) is 108 Å². The Morgan fingerprint density at radius 3 is 2.52 bits per heavy atom. The molecule has 0 bridgehead atoms. The Kier molecular flexibility index (Phi) is 5.35. The van der Waals surface area contributed by atoms with Gasteiger partial charge in [-0.15, -0.1) is 0 Å². The number of carbonyl (C=O) groups excluding carboxylic acids is 1. The molecule has 5 rings (SSSR count). The fraction of sp³-hybridized carbons (Fsp3) is 0.960.